The SMILES string of the molecule is NC(CCS)C(=O)OCc1ccccc1Cl. The average Bonchev–Trinajstić information content (AvgIpc) is 2.28. The molecule has 1 rings (SSSR count). The molecule has 3 nitrogen and oxygen atoms in total. The van der Waals surface area contributed by atoms with Crippen molar-refractivity contribution in [1.82, 2.24) is 0 Å². The Morgan fingerprint density at radius 1 is 1.50 bits per heavy atom. The molecule has 0 heterocycles. The van der Waals surface area contributed by atoms with Gasteiger partial charge in [0, 0.05) is 10.6 Å². The normalized spacial score (nSPS) is 12.2. The Morgan fingerprint density at radius 3 is 2.81 bits per heavy atom. The summed E-state index contributed by atoms with van der Waals surface area (Å²) in [6.07, 6.45) is 0.504. The summed E-state index contributed by atoms with van der Waals surface area (Å²) in [5.41, 5.74) is 6.35. The van der Waals surface area contributed by atoms with Crippen molar-refractivity contribution in [3.8, 4) is 0 Å². The largest absolute Gasteiger partial charge is 0.460 e. The van der Waals surface area contributed by atoms with Crippen molar-refractivity contribution in [3.05, 3.63) is 34.9 Å². The monoisotopic (exact) mass is 259 g/mol. The van der Waals surface area contributed by atoms with Gasteiger partial charge in [-0.05, 0) is 18.2 Å². The van der Waals surface area contributed by atoms with Gasteiger partial charge in [-0.25, -0.2) is 0 Å². The van der Waals surface area contributed by atoms with Crippen LogP contribution in [0.3, 0.4) is 0 Å². The number of nitrogens with two attached hydrogens (primary N) is 1. The molecular formula is C11H14ClNO2S. The predicted molar refractivity (Wildman–Crippen MR) is 67.7 cm³/mol. The summed E-state index contributed by atoms with van der Waals surface area (Å²) < 4.78 is 5.04. The van der Waals surface area contributed by atoms with Gasteiger partial charge in [-0.3, -0.25) is 4.79 Å². The summed E-state index contributed by atoms with van der Waals surface area (Å²) in [7, 11) is 0. The molecule has 1 aromatic rings. The molecule has 5 heteroatoms. The molecule has 1 atom stereocenters. The van der Waals surface area contributed by atoms with Crippen molar-refractivity contribution < 1.29 is 9.53 Å². The molecule has 16 heavy (non-hydrogen) atoms. The highest BCUT2D eigenvalue weighted by Gasteiger charge is 2.14. The lowest BCUT2D eigenvalue weighted by Gasteiger charge is -2.10. The second kappa shape index (κ2) is 6.78. The van der Waals surface area contributed by atoms with Gasteiger partial charge in [0.1, 0.15) is 12.6 Å². The van der Waals surface area contributed by atoms with Gasteiger partial charge in [-0.1, -0.05) is 29.8 Å². The lowest BCUT2D eigenvalue weighted by Crippen LogP contribution is -2.32. The van der Waals surface area contributed by atoms with E-state index in [2.05, 4.69) is 12.6 Å². The molecule has 2 N–H and O–H groups in total. The molecule has 1 unspecified atom stereocenters. The number of carbonyl (C=O) groups excluding carboxylic acids is 1. The fraction of sp³-hybridized carbons (Fsp3) is 0.364. The highest BCUT2D eigenvalue weighted by atomic mass is 35.5. The zero-order valence-corrected chi connectivity index (χ0v) is 10.4. The average molecular weight is 260 g/mol. The van der Waals surface area contributed by atoms with Crippen LogP contribution in [0.1, 0.15) is 12.0 Å². The Morgan fingerprint density at radius 2 is 2.19 bits per heavy atom. The topological polar surface area (TPSA) is 52.3 Å². The van der Waals surface area contributed by atoms with Crippen LogP contribution in [0, 0.1) is 0 Å². The summed E-state index contributed by atoms with van der Waals surface area (Å²) in [6.45, 7) is 0.152. The van der Waals surface area contributed by atoms with E-state index in [0.717, 1.165) is 5.56 Å². The van der Waals surface area contributed by atoms with Crippen LogP contribution in [-0.2, 0) is 16.1 Å². The molecule has 0 bridgehead atoms. The first-order chi connectivity index (χ1) is 7.65. The van der Waals surface area contributed by atoms with Gasteiger partial charge in [0.15, 0.2) is 0 Å². The van der Waals surface area contributed by atoms with Crippen molar-refractivity contribution in [3.63, 3.8) is 0 Å². The number of ether oxygens (including phenoxy) is 1. The standard InChI is InChI=1S/C11H14ClNO2S/c12-9-4-2-1-3-8(9)7-15-11(14)10(13)5-6-16/h1-4,10,16H,5-7,13H2. The van der Waals surface area contributed by atoms with Gasteiger partial charge in [-0.2, -0.15) is 12.6 Å². The van der Waals surface area contributed by atoms with Gasteiger partial charge >= 0.3 is 5.97 Å². The Bertz CT molecular complexity index is 360. The number of hydrogen-bond acceptors (Lipinski definition) is 4. The Kier molecular flexibility index (Phi) is 5.66. The van der Waals surface area contributed by atoms with E-state index in [1.807, 2.05) is 12.1 Å². The highest BCUT2D eigenvalue weighted by Crippen LogP contribution is 2.15. The van der Waals surface area contributed by atoms with Crippen molar-refractivity contribution in [2.45, 2.75) is 19.1 Å². The van der Waals surface area contributed by atoms with Gasteiger partial charge in [0.2, 0.25) is 0 Å². The minimum atomic E-state index is -0.611. The van der Waals surface area contributed by atoms with Gasteiger partial charge in [0.25, 0.3) is 0 Å². The van der Waals surface area contributed by atoms with Crippen molar-refractivity contribution in [2.75, 3.05) is 5.75 Å². The summed E-state index contributed by atoms with van der Waals surface area (Å²) in [6, 6.07) is 6.60. The van der Waals surface area contributed by atoms with Crippen LogP contribution in [0.25, 0.3) is 0 Å². The molecular weight excluding hydrogens is 246 g/mol. The van der Waals surface area contributed by atoms with Crippen molar-refractivity contribution >= 4 is 30.2 Å². The van der Waals surface area contributed by atoms with E-state index in [1.54, 1.807) is 12.1 Å². The number of halogens is 1. The van der Waals surface area contributed by atoms with Crippen LogP contribution in [0.5, 0.6) is 0 Å². The van der Waals surface area contributed by atoms with Gasteiger partial charge < -0.3 is 10.5 Å². The fourth-order valence-electron chi connectivity index (χ4n) is 1.13. The first kappa shape index (κ1) is 13.4. The van der Waals surface area contributed by atoms with Crippen LogP contribution in [0.15, 0.2) is 24.3 Å². The maximum absolute atomic E-state index is 11.4. The lowest BCUT2D eigenvalue weighted by atomic mass is 10.2. The Balaban J connectivity index is 2.46. The highest BCUT2D eigenvalue weighted by molar-refractivity contribution is 7.80. The molecule has 0 saturated heterocycles. The second-order valence-corrected chi connectivity index (χ2v) is 4.17. The number of carbonyl (C=O) groups is 1. The van der Waals surface area contributed by atoms with Gasteiger partial charge in [0.05, 0.1) is 0 Å². The number of hydrogen-bond donors (Lipinski definition) is 2. The van der Waals surface area contributed by atoms with E-state index in [4.69, 9.17) is 22.1 Å². The quantitative estimate of drug-likeness (QED) is 0.628. The Hall–Kier alpha value is -0.710. The minimum Gasteiger partial charge on any atom is -0.460 e. The lowest BCUT2D eigenvalue weighted by molar-refractivity contribution is -0.146. The number of esters is 1. The van der Waals surface area contributed by atoms with Crippen molar-refractivity contribution in [1.29, 1.82) is 0 Å². The number of thiol groups is 1. The first-order valence-electron chi connectivity index (χ1n) is 4.91. The van der Waals surface area contributed by atoms with E-state index in [1.165, 1.54) is 0 Å². The van der Waals surface area contributed by atoms with Crippen LogP contribution >= 0.6 is 24.2 Å². The molecule has 0 spiro atoms. The molecule has 0 amide bonds. The maximum atomic E-state index is 11.4. The van der Waals surface area contributed by atoms with E-state index >= 15 is 0 Å². The molecule has 0 aliphatic rings. The summed E-state index contributed by atoms with van der Waals surface area (Å²) in [5, 5.41) is 0.582. The zero-order valence-electron chi connectivity index (χ0n) is 8.73. The third-order valence-electron chi connectivity index (χ3n) is 2.07. The third-order valence-corrected chi connectivity index (χ3v) is 2.70. The zero-order chi connectivity index (χ0) is 12.0. The van der Waals surface area contributed by atoms with Crippen LogP contribution in [-0.4, -0.2) is 17.8 Å². The molecule has 88 valence electrons. The molecule has 0 saturated carbocycles. The molecule has 0 aromatic heterocycles. The van der Waals surface area contributed by atoms with E-state index in [9.17, 15) is 4.79 Å². The van der Waals surface area contributed by atoms with Crippen LogP contribution in [0.2, 0.25) is 5.02 Å². The molecule has 1 aromatic carbocycles. The summed E-state index contributed by atoms with van der Waals surface area (Å²) in [4.78, 5) is 11.4. The molecule has 0 fully saturated rings. The van der Waals surface area contributed by atoms with E-state index in [-0.39, 0.29) is 6.61 Å². The third kappa shape index (κ3) is 4.04. The Labute approximate surface area is 105 Å². The van der Waals surface area contributed by atoms with E-state index < -0.39 is 12.0 Å². The molecule has 0 radical (unpaired) electrons. The van der Waals surface area contributed by atoms with E-state index in [0.29, 0.717) is 17.2 Å². The number of rotatable bonds is 5. The number of benzene rings is 1. The molecule has 0 aliphatic heterocycles. The smallest absolute Gasteiger partial charge is 0.323 e. The predicted octanol–water partition coefficient (Wildman–Crippen LogP) is 2.03. The fourth-order valence-corrected chi connectivity index (χ4v) is 1.60. The molecule has 0 aliphatic carbocycles. The van der Waals surface area contributed by atoms with Gasteiger partial charge in [-0.15, -0.1) is 0 Å². The summed E-state index contributed by atoms with van der Waals surface area (Å²) in [5.74, 6) is 0.136. The van der Waals surface area contributed by atoms with Crippen molar-refractivity contribution in [2.24, 2.45) is 5.73 Å². The minimum absolute atomic E-state index is 0.152. The summed E-state index contributed by atoms with van der Waals surface area (Å²) >= 11 is 9.91. The first-order valence-corrected chi connectivity index (χ1v) is 5.92. The second-order valence-electron chi connectivity index (χ2n) is 3.32. The van der Waals surface area contributed by atoms with Crippen LogP contribution < -0.4 is 5.73 Å². The maximum Gasteiger partial charge on any atom is 0.323 e. The van der Waals surface area contributed by atoms with Crippen LogP contribution in [0.4, 0.5) is 0 Å².